The molecule has 4 rings (SSSR count). The van der Waals surface area contributed by atoms with E-state index in [4.69, 9.17) is 27.9 Å². The number of aromatic nitrogens is 5. The van der Waals surface area contributed by atoms with Crippen molar-refractivity contribution in [2.45, 2.75) is 13.3 Å². The topological polar surface area (TPSA) is 86.9 Å². The van der Waals surface area contributed by atoms with Crippen LogP contribution in [0.25, 0.3) is 0 Å². The number of hydrogen-bond donors (Lipinski definition) is 1. The van der Waals surface area contributed by atoms with Gasteiger partial charge in [-0.25, -0.2) is 18.7 Å². The third-order valence-corrected chi connectivity index (χ3v) is 4.75. The molecule has 31 heavy (non-hydrogen) atoms. The number of para-hydroxylation sites is 1. The first-order valence-corrected chi connectivity index (χ1v) is 9.79. The van der Waals surface area contributed by atoms with E-state index >= 15 is 0 Å². The summed E-state index contributed by atoms with van der Waals surface area (Å²) in [5.41, 5.74) is 1.00. The first kappa shape index (κ1) is 20.8. The molecular formula is C20H15Cl2FN6O2. The normalized spacial score (nSPS) is 10.8. The molecule has 0 saturated heterocycles. The highest BCUT2D eigenvalue weighted by Gasteiger charge is 2.13. The molecular weight excluding hydrogens is 446 g/mol. The zero-order chi connectivity index (χ0) is 21.8. The summed E-state index contributed by atoms with van der Waals surface area (Å²) in [6, 6.07) is 12.6. The molecule has 2 aromatic heterocycles. The van der Waals surface area contributed by atoms with Gasteiger partial charge >= 0.3 is 0 Å². The Balaban J connectivity index is 1.35. The van der Waals surface area contributed by atoms with Crippen LogP contribution in [0, 0.1) is 5.82 Å². The van der Waals surface area contributed by atoms with Gasteiger partial charge in [0.05, 0.1) is 16.6 Å². The minimum absolute atomic E-state index is 0.0152. The molecule has 0 spiro atoms. The average molecular weight is 461 g/mol. The Morgan fingerprint density at radius 1 is 1.03 bits per heavy atom. The number of carbonyl (C=O) groups excluding carboxylic acids is 1. The van der Waals surface area contributed by atoms with Crippen LogP contribution in [-0.4, -0.2) is 30.5 Å². The lowest BCUT2D eigenvalue weighted by Crippen LogP contribution is -2.15. The highest BCUT2D eigenvalue weighted by Crippen LogP contribution is 2.32. The predicted octanol–water partition coefficient (Wildman–Crippen LogP) is 4.26. The molecule has 0 radical (unpaired) electrons. The van der Waals surface area contributed by atoms with Crippen LogP contribution >= 0.6 is 23.2 Å². The van der Waals surface area contributed by atoms with Crippen molar-refractivity contribution in [1.29, 1.82) is 0 Å². The molecule has 0 saturated carbocycles. The Morgan fingerprint density at radius 2 is 1.77 bits per heavy atom. The van der Waals surface area contributed by atoms with Crippen LogP contribution in [0.15, 0.2) is 61.1 Å². The second-order valence-electron chi connectivity index (χ2n) is 6.41. The van der Waals surface area contributed by atoms with Crippen molar-refractivity contribution in [3.63, 3.8) is 0 Å². The van der Waals surface area contributed by atoms with Crippen molar-refractivity contribution in [1.82, 2.24) is 24.5 Å². The maximum Gasteiger partial charge on any atom is 0.278 e. The van der Waals surface area contributed by atoms with Crippen molar-refractivity contribution < 1.29 is 13.9 Å². The molecule has 0 aliphatic carbocycles. The number of anilines is 1. The Labute approximate surface area is 186 Å². The lowest BCUT2D eigenvalue weighted by molar-refractivity contribution is 0.101. The van der Waals surface area contributed by atoms with Crippen molar-refractivity contribution >= 4 is 35.1 Å². The molecule has 0 aliphatic heterocycles. The fourth-order valence-corrected chi connectivity index (χ4v) is 3.18. The van der Waals surface area contributed by atoms with E-state index in [0.29, 0.717) is 22.3 Å². The number of nitrogens with zero attached hydrogens (tertiary/aromatic N) is 5. The summed E-state index contributed by atoms with van der Waals surface area (Å²) in [7, 11) is 0. The smallest absolute Gasteiger partial charge is 0.278 e. The van der Waals surface area contributed by atoms with Gasteiger partial charge in [-0.1, -0.05) is 41.4 Å². The van der Waals surface area contributed by atoms with Crippen LogP contribution < -0.4 is 10.1 Å². The van der Waals surface area contributed by atoms with Gasteiger partial charge in [0.1, 0.15) is 12.1 Å². The number of rotatable bonds is 7. The Kier molecular flexibility index (Phi) is 6.15. The van der Waals surface area contributed by atoms with Gasteiger partial charge in [-0.2, -0.15) is 5.10 Å². The van der Waals surface area contributed by atoms with Crippen LogP contribution in [0.3, 0.4) is 0 Å². The summed E-state index contributed by atoms with van der Waals surface area (Å²) in [6.45, 7) is 0.404. The molecule has 0 bridgehead atoms. The average Bonchev–Trinajstić information content (AvgIpc) is 3.39. The molecule has 0 aliphatic rings. The zero-order valence-electron chi connectivity index (χ0n) is 15.9. The number of amides is 1. The van der Waals surface area contributed by atoms with E-state index in [-0.39, 0.29) is 24.2 Å². The lowest BCUT2D eigenvalue weighted by Gasteiger charge is -2.09. The molecule has 8 nitrogen and oxygen atoms in total. The fourth-order valence-electron chi connectivity index (χ4n) is 2.68. The van der Waals surface area contributed by atoms with Gasteiger partial charge in [0.25, 0.3) is 5.91 Å². The molecule has 11 heteroatoms. The quantitative estimate of drug-likeness (QED) is 0.445. The van der Waals surface area contributed by atoms with E-state index in [1.807, 2.05) is 0 Å². The molecule has 2 aromatic carbocycles. The third kappa shape index (κ3) is 5.19. The third-order valence-electron chi connectivity index (χ3n) is 4.15. The van der Waals surface area contributed by atoms with E-state index in [9.17, 15) is 9.18 Å². The van der Waals surface area contributed by atoms with Crippen molar-refractivity contribution in [2.24, 2.45) is 0 Å². The van der Waals surface area contributed by atoms with Gasteiger partial charge in [-0.3, -0.25) is 10.1 Å². The number of ether oxygens (including phenoxy) is 1. The van der Waals surface area contributed by atoms with Crippen LogP contribution in [0.2, 0.25) is 10.0 Å². The van der Waals surface area contributed by atoms with Gasteiger partial charge < -0.3 is 4.74 Å². The first-order chi connectivity index (χ1) is 15.0. The van der Waals surface area contributed by atoms with Crippen LogP contribution in [-0.2, 0) is 13.3 Å². The maximum atomic E-state index is 13.0. The van der Waals surface area contributed by atoms with Gasteiger partial charge in [0.2, 0.25) is 5.95 Å². The number of benzene rings is 2. The molecule has 0 unspecified atom stereocenters. The fraction of sp³-hybridized carbons (Fsp3) is 0.100. The summed E-state index contributed by atoms with van der Waals surface area (Å²) in [4.78, 5) is 16.5. The molecule has 0 atom stereocenters. The summed E-state index contributed by atoms with van der Waals surface area (Å²) in [6.07, 6.45) is 3.05. The van der Waals surface area contributed by atoms with Crippen molar-refractivity contribution in [3.8, 4) is 5.75 Å². The Hall–Kier alpha value is -3.43. The summed E-state index contributed by atoms with van der Waals surface area (Å²) < 4.78 is 21.5. The van der Waals surface area contributed by atoms with E-state index in [1.54, 1.807) is 36.5 Å². The van der Waals surface area contributed by atoms with E-state index < -0.39 is 5.91 Å². The van der Waals surface area contributed by atoms with Gasteiger partial charge in [-0.05, 0) is 35.9 Å². The Bertz CT molecular complexity index is 1190. The lowest BCUT2D eigenvalue weighted by atomic mass is 10.2. The first-order valence-electron chi connectivity index (χ1n) is 9.03. The standard InChI is InChI=1S/C20H15Cl2FN6O2/c21-15-2-1-3-16(22)18(15)31-12-28-9-8-17(26-28)19(30)25-20-24-11-29(27-20)10-13-4-6-14(23)7-5-13/h1-9,11H,10,12H2,(H,25,27,30). The highest BCUT2D eigenvalue weighted by atomic mass is 35.5. The van der Waals surface area contributed by atoms with Crippen LogP contribution in [0.1, 0.15) is 16.1 Å². The second kappa shape index (κ2) is 9.15. The van der Waals surface area contributed by atoms with E-state index in [2.05, 4.69) is 20.5 Å². The highest BCUT2D eigenvalue weighted by molar-refractivity contribution is 6.37. The van der Waals surface area contributed by atoms with Crippen molar-refractivity contribution in [3.05, 3.63) is 88.2 Å². The number of halogens is 3. The maximum absolute atomic E-state index is 13.0. The van der Waals surface area contributed by atoms with E-state index in [1.165, 1.54) is 33.9 Å². The summed E-state index contributed by atoms with van der Waals surface area (Å²) in [5, 5.41) is 11.7. The van der Waals surface area contributed by atoms with Crippen LogP contribution in [0.4, 0.5) is 10.3 Å². The number of hydrogen-bond acceptors (Lipinski definition) is 5. The second-order valence-corrected chi connectivity index (χ2v) is 7.23. The molecule has 158 valence electrons. The van der Waals surface area contributed by atoms with Crippen molar-refractivity contribution in [2.75, 3.05) is 5.32 Å². The number of carbonyl (C=O) groups is 1. The van der Waals surface area contributed by atoms with E-state index in [0.717, 1.165) is 5.56 Å². The monoisotopic (exact) mass is 460 g/mol. The van der Waals surface area contributed by atoms with Crippen LogP contribution in [0.5, 0.6) is 5.75 Å². The minimum Gasteiger partial charge on any atom is -0.468 e. The molecule has 1 amide bonds. The zero-order valence-corrected chi connectivity index (χ0v) is 17.4. The van der Waals surface area contributed by atoms with Gasteiger partial charge in [-0.15, -0.1) is 5.10 Å². The summed E-state index contributed by atoms with van der Waals surface area (Å²) in [5.74, 6) is -0.326. The largest absolute Gasteiger partial charge is 0.468 e. The molecule has 2 heterocycles. The number of nitrogens with one attached hydrogen (secondary N) is 1. The SMILES string of the molecule is O=C(Nc1ncn(Cc2ccc(F)cc2)n1)c1ccn(COc2c(Cl)cccc2Cl)n1. The predicted molar refractivity (Wildman–Crippen MR) is 113 cm³/mol. The molecule has 1 N–H and O–H groups in total. The summed E-state index contributed by atoms with van der Waals surface area (Å²) >= 11 is 12.1. The van der Waals surface area contributed by atoms with Gasteiger partial charge in [0, 0.05) is 6.20 Å². The van der Waals surface area contributed by atoms with Gasteiger partial charge in [0.15, 0.2) is 18.2 Å². The molecule has 0 fully saturated rings. The molecule has 4 aromatic rings. The Morgan fingerprint density at radius 3 is 2.52 bits per heavy atom. The minimum atomic E-state index is -0.478.